The van der Waals surface area contributed by atoms with Crippen molar-refractivity contribution in [1.29, 1.82) is 0 Å². The molecule has 5 heterocycles. The number of nitrogens with one attached hydrogen (secondary N) is 1. The van der Waals surface area contributed by atoms with Crippen LogP contribution in [0.25, 0.3) is 10.2 Å². The molecule has 0 saturated carbocycles. The van der Waals surface area contributed by atoms with E-state index in [1.165, 1.54) is 49.9 Å². The number of carbonyl (C=O) groups is 3. The van der Waals surface area contributed by atoms with Crippen LogP contribution in [0.4, 0.5) is 4.79 Å². The largest absolute Gasteiger partial charge is 0.342 e. The summed E-state index contributed by atoms with van der Waals surface area (Å²) in [6.45, 7) is 3.42. The second-order valence-electron chi connectivity index (χ2n) is 10.4. The fourth-order valence-electron chi connectivity index (χ4n) is 6.32. The van der Waals surface area contributed by atoms with Crippen molar-refractivity contribution in [3.05, 3.63) is 57.4 Å². The van der Waals surface area contributed by atoms with Crippen molar-refractivity contribution in [2.75, 3.05) is 19.6 Å². The molecule has 0 spiro atoms. The molecule has 10 heteroatoms. The third-order valence-corrected chi connectivity index (χ3v) is 9.39. The summed E-state index contributed by atoms with van der Waals surface area (Å²) in [5.41, 5.74) is 5.49. The number of benzene rings is 1. The number of rotatable bonds is 4. The SMILES string of the molecule is O=C1CCN(N2Cc3cc(CN4CCC(c5ncnc6sc7c(c56)CCC7)CC4)ccc3C2=O)C(=O)N1. The standard InChI is InChI=1S/C27H28N6O3S/c34-22-8-11-32(27(36)30-22)33-14-18-12-16(4-5-19(18)26(33)35)13-31-9-6-17(7-10-31)24-23-20-2-1-3-21(20)37-25(23)29-15-28-24/h4-5,12,15,17H,1-3,6-11,13-14H2,(H,30,34,36). The maximum Gasteiger partial charge on any atom is 0.342 e. The van der Waals surface area contributed by atoms with Gasteiger partial charge in [0.15, 0.2) is 0 Å². The van der Waals surface area contributed by atoms with Crippen molar-refractivity contribution in [2.24, 2.45) is 0 Å². The molecule has 1 aromatic carbocycles. The number of carbonyl (C=O) groups excluding carboxylic acids is 3. The maximum atomic E-state index is 12.9. The van der Waals surface area contributed by atoms with Crippen LogP contribution in [0, 0.1) is 0 Å². The first-order valence-corrected chi connectivity index (χ1v) is 13.9. The van der Waals surface area contributed by atoms with Crippen LogP contribution in [0.15, 0.2) is 24.5 Å². The summed E-state index contributed by atoms with van der Waals surface area (Å²) in [5.74, 6) is -0.0300. The predicted octanol–water partition coefficient (Wildman–Crippen LogP) is 3.37. The molecule has 2 aromatic heterocycles. The van der Waals surface area contributed by atoms with Gasteiger partial charge in [-0.15, -0.1) is 11.3 Å². The quantitative estimate of drug-likeness (QED) is 0.571. The first-order chi connectivity index (χ1) is 18.0. The molecule has 2 saturated heterocycles. The maximum absolute atomic E-state index is 12.9. The number of likely N-dealkylation sites (tertiary alicyclic amines) is 1. The van der Waals surface area contributed by atoms with Gasteiger partial charge in [-0.05, 0) is 68.0 Å². The van der Waals surface area contributed by atoms with Crippen LogP contribution in [0.2, 0.25) is 0 Å². The molecule has 37 heavy (non-hydrogen) atoms. The highest BCUT2D eigenvalue weighted by atomic mass is 32.1. The molecule has 0 atom stereocenters. The number of urea groups is 1. The highest BCUT2D eigenvalue weighted by Crippen LogP contribution is 2.41. The lowest BCUT2D eigenvalue weighted by molar-refractivity contribution is -0.123. The number of aromatic nitrogens is 2. The number of amides is 4. The molecule has 2 fully saturated rings. The van der Waals surface area contributed by atoms with E-state index in [2.05, 4.69) is 21.3 Å². The summed E-state index contributed by atoms with van der Waals surface area (Å²) in [6, 6.07) is 5.46. The molecule has 3 aliphatic heterocycles. The Hall–Kier alpha value is -3.37. The van der Waals surface area contributed by atoms with Gasteiger partial charge in [0.25, 0.3) is 5.91 Å². The zero-order chi connectivity index (χ0) is 25.1. The van der Waals surface area contributed by atoms with Crippen molar-refractivity contribution < 1.29 is 14.4 Å². The molecular formula is C27H28N6O3S. The minimum absolute atomic E-state index is 0.192. The normalized spacial score (nSPS) is 20.6. The Morgan fingerprint density at radius 3 is 2.70 bits per heavy atom. The van der Waals surface area contributed by atoms with Crippen LogP contribution in [0.3, 0.4) is 0 Å². The second kappa shape index (κ2) is 8.88. The first kappa shape index (κ1) is 22.8. The zero-order valence-corrected chi connectivity index (χ0v) is 21.4. The Morgan fingerprint density at radius 2 is 1.86 bits per heavy atom. The van der Waals surface area contributed by atoms with Crippen LogP contribution < -0.4 is 5.32 Å². The fourth-order valence-corrected chi connectivity index (χ4v) is 7.56. The molecular weight excluding hydrogens is 488 g/mol. The Kier molecular flexibility index (Phi) is 5.47. The lowest BCUT2D eigenvalue weighted by Crippen LogP contribution is -2.56. The van der Waals surface area contributed by atoms with E-state index >= 15 is 0 Å². The van der Waals surface area contributed by atoms with E-state index in [1.54, 1.807) is 6.33 Å². The topological polar surface area (TPSA) is 98.7 Å². The van der Waals surface area contributed by atoms with Crippen molar-refractivity contribution in [1.82, 2.24) is 30.2 Å². The van der Waals surface area contributed by atoms with Crippen molar-refractivity contribution in [3.63, 3.8) is 0 Å². The number of nitrogens with zero attached hydrogens (tertiary/aromatic N) is 5. The van der Waals surface area contributed by atoms with Gasteiger partial charge in [0.2, 0.25) is 5.91 Å². The van der Waals surface area contributed by atoms with Gasteiger partial charge in [-0.25, -0.2) is 24.8 Å². The number of hydrogen-bond donors (Lipinski definition) is 1. The molecule has 3 aromatic rings. The van der Waals surface area contributed by atoms with Gasteiger partial charge < -0.3 is 0 Å². The van der Waals surface area contributed by atoms with E-state index < -0.39 is 6.03 Å². The number of imide groups is 1. The van der Waals surface area contributed by atoms with Crippen LogP contribution in [-0.2, 0) is 30.7 Å². The summed E-state index contributed by atoms with van der Waals surface area (Å²) in [6.07, 6.45) is 7.70. The molecule has 0 unspecified atom stereocenters. The van der Waals surface area contributed by atoms with Gasteiger partial charge in [0.05, 0.1) is 18.8 Å². The molecule has 7 rings (SSSR count). The minimum atomic E-state index is -0.533. The Bertz CT molecular complexity index is 1440. The van der Waals surface area contributed by atoms with Gasteiger partial charge in [-0.3, -0.25) is 19.8 Å². The lowest BCUT2D eigenvalue weighted by atomic mass is 9.90. The number of aryl methyl sites for hydroxylation is 2. The fraction of sp³-hybridized carbons (Fsp3) is 0.444. The van der Waals surface area contributed by atoms with Crippen LogP contribution in [0.5, 0.6) is 0 Å². The molecule has 1 N–H and O–H groups in total. The molecule has 4 amide bonds. The molecule has 1 aliphatic carbocycles. The number of piperidine rings is 1. The van der Waals surface area contributed by atoms with Crippen LogP contribution in [0.1, 0.15) is 69.2 Å². The van der Waals surface area contributed by atoms with Crippen LogP contribution >= 0.6 is 11.3 Å². The summed E-state index contributed by atoms with van der Waals surface area (Å²) >= 11 is 1.86. The molecule has 190 valence electrons. The van der Waals surface area contributed by atoms with Crippen LogP contribution in [-0.4, -0.2) is 62.4 Å². The highest BCUT2D eigenvalue weighted by Gasteiger charge is 2.37. The number of hydrogen-bond acceptors (Lipinski definition) is 7. The Balaban J connectivity index is 1.02. The van der Waals surface area contributed by atoms with Crippen molar-refractivity contribution in [3.8, 4) is 0 Å². The average Bonchev–Trinajstić information content (AvgIpc) is 3.58. The summed E-state index contributed by atoms with van der Waals surface area (Å²) in [7, 11) is 0. The number of fused-ring (bicyclic) bond motifs is 4. The Labute approximate surface area is 218 Å². The average molecular weight is 517 g/mol. The van der Waals surface area contributed by atoms with E-state index in [0.29, 0.717) is 18.0 Å². The van der Waals surface area contributed by atoms with Gasteiger partial charge in [-0.1, -0.05) is 12.1 Å². The highest BCUT2D eigenvalue weighted by molar-refractivity contribution is 7.18. The third kappa shape index (κ3) is 3.90. The van der Waals surface area contributed by atoms with Gasteiger partial charge >= 0.3 is 6.03 Å². The van der Waals surface area contributed by atoms with Gasteiger partial charge in [-0.2, -0.15) is 0 Å². The van der Waals surface area contributed by atoms with E-state index in [0.717, 1.165) is 49.3 Å². The number of hydrazine groups is 1. The molecule has 9 nitrogen and oxygen atoms in total. The van der Waals surface area contributed by atoms with E-state index in [1.807, 2.05) is 23.5 Å². The Morgan fingerprint density at radius 1 is 1.00 bits per heavy atom. The molecule has 0 radical (unpaired) electrons. The minimum Gasteiger partial charge on any atom is -0.299 e. The van der Waals surface area contributed by atoms with E-state index in [-0.39, 0.29) is 24.8 Å². The summed E-state index contributed by atoms with van der Waals surface area (Å²) < 4.78 is 0. The van der Waals surface area contributed by atoms with Crippen molar-refractivity contribution in [2.45, 2.75) is 57.5 Å². The lowest BCUT2D eigenvalue weighted by Gasteiger charge is -2.33. The zero-order valence-electron chi connectivity index (χ0n) is 20.5. The monoisotopic (exact) mass is 516 g/mol. The van der Waals surface area contributed by atoms with E-state index in [9.17, 15) is 14.4 Å². The second-order valence-corrected chi connectivity index (χ2v) is 11.5. The molecule has 4 aliphatic rings. The first-order valence-electron chi connectivity index (χ1n) is 13.1. The van der Waals surface area contributed by atoms with E-state index in [4.69, 9.17) is 4.98 Å². The molecule has 0 bridgehead atoms. The smallest absolute Gasteiger partial charge is 0.299 e. The van der Waals surface area contributed by atoms with Crippen molar-refractivity contribution >= 4 is 39.4 Å². The summed E-state index contributed by atoms with van der Waals surface area (Å²) in [5, 5.41) is 6.44. The number of thiophene rings is 1. The summed E-state index contributed by atoms with van der Waals surface area (Å²) in [4.78, 5) is 51.2. The predicted molar refractivity (Wildman–Crippen MR) is 138 cm³/mol. The van der Waals surface area contributed by atoms with Gasteiger partial charge in [0, 0.05) is 34.7 Å². The third-order valence-electron chi connectivity index (χ3n) is 8.19. The van der Waals surface area contributed by atoms with Gasteiger partial charge in [0.1, 0.15) is 11.2 Å².